The van der Waals surface area contributed by atoms with E-state index >= 15 is 0 Å². The first kappa shape index (κ1) is 28.2. The first-order chi connectivity index (χ1) is 16.6. The van der Waals surface area contributed by atoms with E-state index in [2.05, 4.69) is 10.2 Å². The van der Waals surface area contributed by atoms with E-state index in [1.807, 2.05) is 6.07 Å². The molecule has 0 aromatic heterocycles. The fraction of sp³-hybridized carbons (Fsp3) is 0.462. The topological polar surface area (TPSA) is 76.1 Å². The molecule has 0 bridgehead atoms. The molecule has 2 aliphatic rings. The van der Waals surface area contributed by atoms with Gasteiger partial charge in [-0.1, -0.05) is 23.7 Å². The Bertz CT molecular complexity index is 1090. The van der Waals surface area contributed by atoms with Gasteiger partial charge in [-0.2, -0.15) is 13.5 Å². The van der Waals surface area contributed by atoms with Gasteiger partial charge in [0.15, 0.2) is 5.60 Å². The fourth-order valence-corrected chi connectivity index (χ4v) is 5.06. The van der Waals surface area contributed by atoms with Gasteiger partial charge in [0, 0.05) is 52.0 Å². The molecule has 7 nitrogen and oxygen atoms in total. The van der Waals surface area contributed by atoms with Crippen LogP contribution in [-0.2, 0) is 10.4 Å². The lowest BCUT2D eigenvalue weighted by Crippen LogP contribution is -2.61. The zero-order chi connectivity index (χ0) is 25.3. The second-order valence-electron chi connectivity index (χ2n) is 9.79. The summed E-state index contributed by atoms with van der Waals surface area (Å²) in [7, 11) is 3.39. The number of hydrogen-bond donors (Lipinski definition) is 2. The van der Waals surface area contributed by atoms with Gasteiger partial charge < -0.3 is 20.2 Å². The molecule has 0 radical (unpaired) electrons. The molecule has 0 spiro atoms. The first-order valence-corrected chi connectivity index (χ1v) is 12.2. The van der Waals surface area contributed by atoms with Crippen LogP contribution >= 0.6 is 25.1 Å². The van der Waals surface area contributed by atoms with E-state index in [9.17, 15) is 19.1 Å². The Kier molecular flexibility index (Phi) is 8.93. The SMILES string of the molecule is CN(C)C(=O)c1ccc(NC2CN(C3CCN(C(=O)[C@@](C)(O)c4ccc(F)cc4)CC3)C2)cc1Cl.S. The van der Waals surface area contributed by atoms with Gasteiger partial charge in [0.2, 0.25) is 0 Å². The molecule has 10 heteroatoms. The van der Waals surface area contributed by atoms with E-state index in [0.717, 1.165) is 31.6 Å². The van der Waals surface area contributed by atoms with Gasteiger partial charge in [-0.25, -0.2) is 4.39 Å². The third-order valence-corrected chi connectivity index (χ3v) is 7.29. The Labute approximate surface area is 223 Å². The first-order valence-electron chi connectivity index (χ1n) is 11.9. The summed E-state index contributed by atoms with van der Waals surface area (Å²) in [5.41, 5.74) is 0.0813. The highest BCUT2D eigenvalue weighted by atomic mass is 35.5. The molecule has 4 rings (SSSR count). The molecule has 196 valence electrons. The number of carbonyl (C=O) groups excluding carboxylic acids is 2. The summed E-state index contributed by atoms with van der Waals surface area (Å²) in [6.45, 7) is 4.40. The summed E-state index contributed by atoms with van der Waals surface area (Å²) in [6.07, 6.45) is 1.68. The van der Waals surface area contributed by atoms with Crippen molar-refractivity contribution >= 4 is 42.6 Å². The van der Waals surface area contributed by atoms with Crippen molar-refractivity contribution in [3.05, 3.63) is 64.4 Å². The predicted molar refractivity (Wildman–Crippen MR) is 144 cm³/mol. The van der Waals surface area contributed by atoms with E-state index in [0.29, 0.717) is 41.3 Å². The van der Waals surface area contributed by atoms with Crippen LogP contribution < -0.4 is 5.32 Å². The van der Waals surface area contributed by atoms with Crippen LogP contribution in [0.4, 0.5) is 10.1 Å². The summed E-state index contributed by atoms with van der Waals surface area (Å²) >= 11 is 6.32. The Morgan fingerprint density at radius 2 is 1.72 bits per heavy atom. The van der Waals surface area contributed by atoms with Crippen LogP contribution in [-0.4, -0.2) is 84.0 Å². The average molecular weight is 537 g/mol. The summed E-state index contributed by atoms with van der Waals surface area (Å²) in [5, 5.41) is 14.7. The summed E-state index contributed by atoms with van der Waals surface area (Å²) in [4.78, 5) is 30.7. The van der Waals surface area contributed by atoms with Crippen molar-refractivity contribution in [2.24, 2.45) is 0 Å². The maximum Gasteiger partial charge on any atom is 0.258 e. The molecule has 0 aliphatic carbocycles. The number of hydrogen-bond acceptors (Lipinski definition) is 5. The lowest BCUT2D eigenvalue weighted by Gasteiger charge is -2.48. The van der Waals surface area contributed by atoms with E-state index < -0.39 is 11.4 Å². The van der Waals surface area contributed by atoms with Crippen LogP contribution in [0, 0.1) is 5.82 Å². The highest BCUT2D eigenvalue weighted by molar-refractivity contribution is 7.59. The quantitative estimate of drug-likeness (QED) is 0.592. The number of carbonyl (C=O) groups is 2. The number of likely N-dealkylation sites (tertiary alicyclic amines) is 2. The molecular weight excluding hydrogens is 503 g/mol. The van der Waals surface area contributed by atoms with E-state index in [4.69, 9.17) is 11.6 Å². The minimum Gasteiger partial charge on any atom is -0.380 e. The number of amides is 2. The Morgan fingerprint density at radius 3 is 2.28 bits per heavy atom. The Morgan fingerprint density at radius 1 is 1.11 bits per heavy atom. The molecule has 2 heterocycles. The number of nitrogens with one attached hydrogen (secondary N) is 1. The predicted octanol–water partition coefficient (Wildman–Crippen LogP) is 3.29. The van der Waals surface area contributed by atoms with Crippen molar-refractivity contribution in [2.75, 3.05) is 45.6 Å². The standard InChI is InChI=1S/C26H32ClFN4O3.H2S/c1-26(35,17-4-6-18(28)7-5-17)25(34)31-12-10-21(11-13-31)32-15-20(16-32)29-19-8-9-22(23(27)14-19)24(33)30(2)3;/h4-9,14,20-21,29,35H,10-13,15-16H2,1-3H3;1H2/t26-;/m0./s1. The molecule has 2 aromatic carbocycles. The lowest BCUT2D eigenvalue weighted by atomic mass is 9.92. The average Bonchev–Trinajstić information content (AvgIpc) is 2.80. The number of piperidine rings is 1. The van der Waals surface area contributed by atoms with Crippen LogP contribution in [0.25, 0.3) is 0 Å². The molecule has 0 unspecified atom stereocenters. The molecule has 0 saturated carbocycles. The Hall–Kier alpha value is -2.33. The maximum atomic E-state index is 13.2. The number of rotatable bonds is 6. The van der Waals surface area contributed by atoms with E-state index in [-0.39, 0.29) is 25.3 Å². The van der Waals surface area contributed by atoms with Gasteiger partial charge in [-0.3, -0.25) is 14.5 Å². The van der Waals surface area contributed by atoms with Crippen molar-refractivity contribution in [2.45, 2.75) is 37.5 Å². The number of benzene rings is 2. The molecule has 2 aromatic rings. The van der Waals surface area contributed by atoms with Gasteiger partial charge in [0.25, 0.3) is 11.8 Å². The van der Waals surface area contributed by atoms with Gasteiger partial charge >= 0.3 is 0 Å². The second-order valence-corrected chi connectivity index (χ2v) is 10.2. The van der Waals surface area contributed by atoms with Gasteiger partial charge in [0.05, 0.1) is 16.6 Å². The Balaban J connectivity index is 0.00000361. The van der Waals surface area contributed by atoms with Crippen LogP contribution in [0.5, 0.6) is 0 Å². The summed E-state index contributed by atoms with van der Waals surface area (Å²) < 4.78 is 13.2. The molecule has 1 atom stereocenters. The minimum atomic E-state index is -1.68. The number of aliphatic hydroxyl groups is 1. The fourth-order valence-electron chi connectivity index (χ4n) is 4.80. The zero-order valence-electron chi connectivity index (χ0n) is 20.8. The molecule has 36 heavy (non-hydrogen) atoms. The van der Waals surface area contributed by atoms with E-state index in [1.54, 1.807) is 31.1 Å². The highest BCUT2D eigenvalue weighted by Crippen LogP contribution is 2.29. The van der Waals surface area contributed by atoms with Gasteiger partial charge in [0.1, 0.15) is 5.82 Å². The minimum absolute atomic E-state index is 0. The van der Waals surface area contributed by atoms with Gasteiger partial charge in [-0.05, 0) is 55.7 Å². The third-order valence-electron chi connectivity index (χ3n) is 6.98. The second kappa shape index (κ2) is 11.4. The van der Waals surface area contributed by atoms with Crippen molar-refractivity contribution in [3.63, 3.8) is 0 Å². The highest BCUT2D eigenvalue weighted by Gasteiger charge is 2.40. The van der Waals surface area contributed by atoms with Crippen molar-refractivity contribution < 1.29 is 19.1 Å². The lowest BCUT2D eigenvalue weighted by molar-refractivity contribution is -0.152. The molecule has 2 N–H and O–H groups in total. The molecule has 2 saturated heterocycles. The van der Waals surface area contributed by atoms with Crippen molar-refractivity contribution in [3.8, 4) is 0 Å². The number of anilines is 1. The molecule has 2 aliphatic heterocycles. The molecular formula is C26H34ClFN4O3S. The number of nitrogens with zero attached hydrogens (tertiary/aromatic N) is 3. The van der Waals surface area contributed by atoms with Gasteiger partial charge in [-0.15, -0.1) is 0 Å². The molecule has 2 fully saturated rings. The zero-order valence-corrected chi connectivity index (χ0v) is 22.6. The van der Waals surface area contributed by atoms with Crippen LogP contribution in [0.3, 0.4) is 0 Å². The van der Waals surface area contributed by atoms with E-state index in [1.165, 1.54) is 36.1 Å². The van der Waals surface area contributed by atoms with Crippen molar-refractivity contribution in [1.29, 1.82) is 0 Å². The summed E-state index contributed by atoms with van der Waals surface area (Å²) in [5.74, 6) is -0.876. The van der Waals surface area contributed by atoms with Crippen LogP contribution in [0.15, 0.2) is 42.5 Å². The van der Waals surface area contributed by atoms with Crippen molar-refractivity contribution in [1.82, 2.24) is 14.7 Å². The number of halogens is 2. The largest absolute Gasteiger partial charge is 0.380 e. The monoisotopic (exact) mass is 536 g/mol. The summed E-state index contributed by atoms with van der Waals surface area (Å²) in [6, 6.07) is 11.5. The van der Waals surface area contributed by atoms with Crippen LogP contribution in [0.1, 0.15) is 35.7 Å². The normalized spacial score (nSPS) is 18.6. The smallest absolute Gasteiger partial charge is 0.258 e. The molecule has 2 amide bonds. The third kappa shape index (κ3) is 5.96. The van der Waals surface area contributed by atoms with Crippen LogP contribution in [0.2, 0.25) is 5.02 Å². The maximum absolute atomic E-state index is 13.2.